The average Bonchev–Trinajstić information content (AvgIpc) is 2.47. The van der Waals surface area contributed by atoms with Crippen LogP contribution in [-0.4, -0.2) is 16.8 Å². The monoisotopic (exact) mass is 186 g/mol. The van der Waals surface area contributed by atoms with Crippen molar-refractivity contribution in [2.45, 2.75) is 13.3 Å². The maximum atomic E-state index is 11.2. The van der Waals surface area contributed by atoms with Crippen LogP contribution in [0, 0.1) is 0 Å². The molecule has 0 aliphatic carbocycles. The number of nitrogens with one attached hydrogen (secondary N) is 2. The zero-order valence-electron chi connectivity index (χ0n) is 6.72. The normalized spacial score (nSPS) is 9.75. The van der Waals surface area contributed by atoms with Gasteiger partial charge in [0.25, 0.3) is 11.5 Å². The molecule has 0 saturated carbocycles. The van der Waals surface area contributed by atoms with Gasteiger partial charge < -0.3 is 5.32 Å². The first kappa shape index (κ1) is 8.99. The van der Waals surface area contributed by atoms with Gasteiger partial charge in [-0.1, -0.05) is 18.5 Å². The molecule has 0 saturated heterocycles. The summed E-state index contributed by atoms with van der Waals surface area (Å²) in [4.78, 5) is 22.1. The van der Waals surface area contributed by atoms with Gasteiger partial charge in [-0.2, -0.15) is 0 Å². The summed E-state index contributed by atoms with van der Waals surface area (Å²) in [6, 6.07) is 0. The van der Waals surface area contributed by atoms with Gasteiger partial charge in [-0.3, -0.25) is 14.0 Å². The highest BCUT2D eigenvalue weighted by atomic mass is 32.1. The molecule has 0 aromatic carbocycles. The highest BCUT2D eigenvalue weighted by molar-refractivity contribution is 7.03. The molecule has 1 heterocycles. The quantitative estimate of drug-likeness (QED) is 0.725. The van der Waals surface area contributed by atoms with E-state index in [-0.39, 0.29) is 17.0 Å². The van der Waals surface area contributed by atoms with Crippen molar-refractivity contribution in [2.75, 3.05) is 6.54 Å². The Morgan fingerprint density at radius 2 is 2.50 bits per heavy atom. The second kappa shape index (κ2) is 4.06. The Bertz CT molecular complexity index is 315. The number of hydrogen-bond acceptors (Lipinski definition) is 3. The van der Waals surface area contributed by atoms with E-state index in [1.807, 2.05) is 6.92 Å². The van der Waals surface area contributed by atoms with Crippen molar-refractivity contribution in [1.82, 2.24) is 9.69 Å². The fourth-order valence-corrected chi connectivity index (χ4v) is 1.35. The molecule has 1 aromatic rings. The summed E-state index contributed by atoms with van der Waals surface area (Å²) in [7, 11) is 0. The molecule has 4 nitrogen and oxygen atoms in total. The number of aromatic amines is 1. The number of hydrogen-bond donors (Lipinski definition) is 2. The Morgan fingerprint density at radius 1 is 1.75 bits per heavy atom. The first-order valence-corrected chi connectivity index (χ1v) is 4.58. The van der Waals surface area contributed by atoms with E-state index < -0.39 is 0 Å². The molecule has 0 bridgehead atoms. The Labute approximate surface area is 73.8 Å². The number of H-pyrrole nitrogens is 1. The van der Waals surface area contributed by atoms with Crippen molar-refractivity contribution in [3.8, 4) is 0 Å². The van der Waals surface area contributed by atoms with Crippen LogP contribution in [0.25, 0.3) is 0 Å². The smallest absolute Gasteiger partial charge is 0.270 e. The van der Waals surface area contributed by atoms with Crippen molar-refractivity contribution < 1.29 is 4.79 Å². The molecule has 1 rings (SSSR count). The maximum Gasteiger partial charge on any atom is 0.270 e. The van der Waals surface area contributed by atoms with Crippen LogP contribution in [0.3, 0.4) is 0 Å². The van der Waals surface area contributed by atoms with Gasteiger partial charge in [0, 0.05) is 11.9 Å². The van der Waals surface area contributed by atoms with Crippen molar-refractivity contribution in [1.29, 1.82) is 0 Å². The fraction of sp³-hybridized carbons (Fsp3) is 0.429. The Morgan fingerprint density at radius 3 is 3.00 bits per heavy atom. The van der Waals surface area contributed by atoms with E-state index in [0.29, 0.717) is 6.54 Å². The summed E-state index contributed by atoms with van der Waals surface area (Å²) >= 11 is 1.13. The van der Waals surface area contributed by atoms with E-state index in [1.54, 1.807) is 0 Å². The number of rotatable bonds is 3. The highest BCUT2D eigenvalue weighted by Gasteiger charge is 2.09. The minimum atomic E-state index is -0.311. The van der Waals surface area contributed by atoms with Crippen molar-refractivity contribution in [2.24, 2.45) is 0 Å². The van der Waals surface area contributed by atoms with Crippen LogP contribution in [0.2, 0.25) is 0 Å². The number of carbonyl (C=O) groups excluding carboxylic acids is 1. The number of aromatic nitrogens is 1. The van der Waals surface area contributed by atoms with Crippen LogP contribution >= 0.6 is 11.5 Å². The molecular formula is C7H10N2O2S. The standard InChI is InChI=1S/C7H10N2O2S/c1-2-3-8-6(10)5-4-12-9-7(5)11/h4H,2-3H2,1H3,(H,8,10)(H,9,11). The van der Waals surface area contributed by atoms with Crippen molar-refractivity contribution in [3.05, 3.63) is 21.3 Å². The largest absolute Gasteiger partial charge is 0.352 e. The summed E-state index contributed by atoms with van der Waals surface area (Å²) in [5.74, 6) is -0.292. The summed E-state index contributed by atoms with van der Waals surface area (Å²) in [5.41, 5.74) is -0.109. The molecular weight excluding hydrogens is 176 g/mol. The molecule has 0 spiro atoms. The van der Waals surface area contributed by atoms with Gasteiger partial charge in [0.2, 0.25) is 0 Å². The van der Waals surface area contributed by atoms with E-state index in [1.165, 1.54) is 5.38 Å². The minimum Gasteiger partial charge on any atom is -0.352 e. The van der Waals surface area contributed by atoms with Gasteiger partial charge in [0.1, 0.15) is 5.56 Å². The predicted molar refractivity (Wildman–Crippen MR) is 47.6 cm³/mol. The average molecular weight is 186 g/mol. The third-order valence-electron chi connectivity index (χ3n) is 1.35. The molecule has 12 heavy (non-hydrogen) atoms. The van der Waals surface area contributed by atoms with Gasteiger partial charge in [0.05, 0.1) is 0 Å². The lowest BCUT2D eigenvalue weighted by Crippen LogP contribution is -2.27. The van der Waals surface area contributed by atoms with E-state index in [9.17, 15) is 9.59 Å². The first-order valence-electron chi connectivity index (χ1n) is 3.70. The van der Waals surface area contributed by atoms with Gasteiger partial charge in [-0.05, 0) is 6.42 Å². The molecule has 2 N–H and O–H groups in total. The molecule has 0 aliphatic heterocycles. The lowest BCUT2D eigenvalue weighted by molar-refractivity contribution is 0.0953. The third kappa shape index (κ3) is 1.94. The summed E-state index contributed by atoms with van der Waals surface area (Å²) < 4.78 is 2.45. The number of amides is 1. The zero-order valence-corrected chi connectivity index (χ0v) is 7.53. The van der Waals surface area contributed by atoms with Crippen LogP contribution in [0.5, 0.6) is 0 Å². The molecule has 66 valence electrons. The van der Waals surface area contributed by atoms with E-state index in [4.69, 9.17) is 0 Å². The van der Waals surface area contributed by atoms with E-state index in [2.05, 4.69) is 9.69 Å². The van der Waals surface area contributed by atoms with E-state index in [0.717, 1.165) is 18.0 Å². The molecule has 1 amide bonds. The second-order valence-corrected chi connectivity index (χ2v) is 3.01. The zero-order chi connectivity index (χ0) is 8.97. The molecule has 0 unspecified atom stereocenters. The van der Waals surface area contributed by atoms with Crippen LogP contribution in [0.1, 0.15) is 23.7 Å². The Balaban J connectivity index is 2.66. The molecule has 0 radical (unpaired) electrons. The van der Waals surface area contributed by atoms with Gasteiger partial charge in [-0.25, -0.2) is 0 Å². The molecule has 0 aliphatic rings. The number of carbonyl (C=O) groups is 1. The highest BCUT2D eigenvalue weighted by Crippen LogP contribution is 1.94. The molecule has 1 aromatic heterocycles. The maximum absolute atomic E-state index is 11.2. The van der Waals surface area contributed by atoms with Crippen molar-refractivity contribution >= 4 is 17.4 Å². The minimum absolute atomic E-state index is 0.202. The summed E-state index contributed by atoms with van der Waals surface area (Å²) in [6.45, 7) is 2.56. The topological polar surface area (TPSA) is 62.0 Å². The second-order valence-electron chi connectivity index (χ2n) is 2.34. The lowest BCUT2D eigenvalue weighted by atomic mass is 10.3. The van der Waals surface area contributed by atoms with Gasteiger partial charge >= 0.3 is 0 Å². The van der Waals surface area contributed by atoms with Crippen LogP contribution in [0.15, 0.2) is 10.2 Å². The molecule has 5 heteroatoms. The SMILES string of the molecule is CCCNC(=O)c1cs[nH]c1=O. The fourth-order valence-electron chi connectivity index (χ4n) is 0.741. The van der Waals surface area contributed by atoms with Crippen LogP contribution in [-0.2, 0) is 0 Å². The summed E-state index contributed by atoms with van der Waals surface area (Å²) in [6.07, 6.45) is 0.869. The Kier molecular flexibility index (Phi) is 3.04. The third-order valence-corrected chi connectivity index (χ3v) is 2.01. The Hall–Kier alpha value is -1.10. The van der Waals surface area contributed by atoms with Gasteiger partial charge in [-0.15, -0.1) is 0 Å². The first-order chi connectivity index (χ1) is 5.75. The molecule has 0 atom stereocenters. The van der Waals surface area contributed by atoms with Crippen LogP contribution in [0.4, 0.5) is 0 Å². The molecule has 0 fully saturated rings. The predicted octanol–water partition coefficient (Wildman–Crippen LogP) is 0.576. The van der Waals surface area contributed by atoms with E-state index >= 15 is 0 Å². The van der Waals surface area contributed by atoms with Crippen molar-refractivity contribution in [3.63, 3.8) is 0 Å². The summed E-state index contributed by atoms with van der Waals surface area (Å²) in [5, 5.41) is 4.14. The van der Waals surface area contributed by atoms with Gasteiger partial charge in [0.15, 0.2) is 0 Å². The lowest BCUT2D eigenvalue weighted by Gasteiger charge is -1.97. The van der Waals surface area contributed by atoms with Crippen LogP contribution < -0.4 is 10.9 Å².